The van der Waals surface area contributed by atoms with Crippen molar-refractivity contribution in [2.75, 3.05) is 0 Å². The number of benzene rings is 3. The third kappa shape index (κ3) is 4.15. The zero-order valence-corrected chi connectivity index (χ0v) is 14.5. The fourth-order valence-corrected chi connectivity index (χ4v) is 2.73. The first-order chi connectivity index (χ1) is 11.6. The molecule has 0 amide bonds. The van der Waals surface area contributed by atoms with Gasteiger partial charge in [0.1, 0.15) is 5.75 Å². The van der Waals surface area contributed by atoms with Crippen LogP contribution >= 0.6 is 0 Å². The van der Waals surface area contributed by atoms with Gasteiger partial charge in [0.15, 0.2) is 0 Å². The maximum atomic E-state index is 6.03. The van der Waals surface area contributed by atoms with E-state index in [4.69, 9.17) is 9.47 Å². The number of ether oxygens (including phenoxy) is 2. The molecule has 3 aromatic carbocycles. The van der Waals surface area contributed by atoms with Crippen molar-refractivity contribution in [1.29, 1.82) is 0 Å². The van der Waals surface area contributed by atoms with Gasteiger partial charge >= 0.3 is 0 Å². The first-order valence-electron chi connectivity index (χ1n) is 8.48. The molecule has 1 unspecified atom stereocenters. The molecule has 124 valence electrons. The zero-order valence-electron chi connectivity index (χ0n) is 14.5. The van der Waals surface area contributed by atoms with Gasteiger partial charge in [0.25, 0.3) is 0 Å². The lowest BCUT2D eigenvalue weighted by molar-refractivity contribution is 0.0526. The van der Waals surface area contributed by atoms with Crippen molar-refractivity contribution < 1.29 is 9.47 Å². The summed E-state index contributed by atoms with van der Waals surface area (Å²) in [6.45, 7) is 6.80. The summed E-state index contributed by atoms with van der Waals surface area (Å²) in [4.78, 5) is 0. The summed E-state index contributed by atoms with van der Waals surface area (Å²) >= 11 is 0. The Bertz CT molecular complexity index is 793. The fraction of sp³-hybridized carbons (Fsp3) is 0.273. The lowest BCUT2D eigenvalue weighted by Crippen LogP contribution is -2.05. The summed E-state index contributed by atoms with van der Waals surface area (Å²) in [7, 11) is 0. The molecule has 0 saturated heterocycles. The van der Waals surface area contributed by atoms with Crippen LogP contribution in [0.2, 0.25) is 0 Å². The van der Waals surface area contributed by atoms with Crippen LogP contribution in [0.3, 0.4) is 0 Å². The third-order valence-corrected chi connectivity index (χ3v) is 4.02. The van der Waals surface area contributed by atoms with E-state index >= 15 is 0 Å². The van der Waals surface area contributed by atoms with E-state index in [2.05, 4.69) is 49.4 Å². The van der Waals surface area contributed by atoms with E-state index in [-0.39, 0.29) is 12.2 Å². The van der Waals surface area contributed by atoms with E-state index in [0.717, 1.165) is 5.75 Å². The number of hydrogen-bond acceptors (Lipinski definition) is 2. The van der Waals surface area contributed by atoms with E-state index in [0.29, 0.717) is 6.61 Å². The quantitative estimate of drug-likeness (QED) is 0.562. The Kier molecular flexibility index (Phi) is 5.17. The van der Waals surface area contributed by atoms with Crippen molar-refractivity contribution in [2.24, 2.45) is 0 Å². The SMILES string of the molecule is CC(C)Oc1ccc2ccc(C(C)OCc3ccccc3)cc2c1. The molecule has 0 aromatic heterocycles. The zero-order chi connectivity index (χ0) is 16.9. The van der Waals surface area contributed by atoms with E-state index in [1.807, 2.05) is 38.1 Å². The van der Waals surface area contributed by atoms with Crippen LogP contribution in [0.1, 0.15) is 38.0 Å². The van der Waals surface area contributed by atoms with Gasteiger partial charge in [-0.15, -0.1) is 0 Å². The molecule has 0 radical (unpaired) electrons. The molecule has 3 rings (SSSR count). The van der Waals surface area contributed by atoms with Crippen LogP contribution in [0.25, 0.3) is 10.8 Å². The Hall–Kier alpha value is -2.32. The number of rotatable bonds is 6. The predicted octanol–water partition coefficient (Wildman–Crippen LogP) is 5.90. The smallest absolute Gasteiger partial charge is 0.120 e. The van der Waals surface area contributed by atoms with Gasteiger partial charge < -0.3 is 9.47 Å². The first kappa shape index (κ1) is 16.5. The van der Waals surface area contributed by atoms with Gasteiger partial charge in [0.2, 0.25) is 0 Å². The highest BCUT2D eigenvalue weighted by Gasteiger charge is 2.08. The summed E-state index contributed by atoms with van der Waals surface area (Å²) in [5.41, 5.74) is 2.37. The summed E-state index contributed by atoms with van der Waals surface area (Å²) in [5, 5.41) is 2.39. The van der Waals surface area contributed by atoms with Crippen molar-refractivity contribution in [3.63, 3.8) is 0 Å². The second-order valence-electron chi connectivity index (χ2n) is 6.37. The van der Waals surface area contributed by atoms with Gasteiger partial charge in [-0.05, 0) is 60.9 Å². The molecule has 2 nitrogen and oxygen atoms in total. The molecule has 24 heavy (non-hydrogen) atoms. The second kappa shape index (κ2) is 7.50. The molecule has 0 bridgehead atoms. The predicted molar refractivity (Wildman–Crippen MR) is 99.4 cm³/mol. The minimum atomic E-state index is 0.0456. The van der Waals surface area contributed by atoms with E-state index in [1.165, 1.54) is 21.9 Å². The molecule has 2 heteroatoms. The van der Waals surface area contributed by atoms with Crippen LogP contribution in [0.5, 0.6) is 5.75 Å². The molecule has 0 fully saturated rings. The average molecular weight is 320 g/mol. The molecule has 0 aliphatic heterocycles. The molecule has 0 aliphatic rings. The molecular weight excluding hydrogens is 296 g/mol. The largest absolute Gasteiger partial charge is 0.491 e. The normalized spacial score (nSPS) is 12.5. The lowest BCUT2D eigenvalue weighted by Gasteiger charge is -2.15. The van der Waals surface area contributed by atoms with E-state index in [9.17, 15) is 0 Å². The Labute approximate surface area is 144 Å². The van der Waals surface area contributed by atoms with Gasteiger partial charge in [-0.1, -0.05) is 48.5 Å². The molecular formula is C22H24O2. The van der Waals surface area contributed by atoms with Crippen molar-refractivity contribution in [2.45, 2.75) is 39.6 Å². The van der Waals surface area contributed by atoms with Crippen molar-refractivity contribution in [1.82, 2.24) is 0 Å². The summed E-state index contributed by atoms with van der Waals surface area (Å²) in [6, 6.07) is 23.0. The van der Waals surface area contributed by atoms with Gasteiger partial charge in [0, 0.05) is 0 Å². The minimum absolute atomic E-state index is 0.0456. The standard InChI is InChI=1S/C22H24O2/c1-16(2)24-22-12-11-19-9-10-20(13-21(19)14-22)17(3)23-15-18-7-5-4-6-8-18/h4-14,16-17H,15H2,1-3H3. The lowest BCUT2D eigenvalue weighted by atomic mass is 10.0. The molecule has 0 saturated carbocycles. The molecule has 0 heterocycles. The second-order valence-corrected chi connectivity index (χ2v) is 6.37. The van der Waals surface area contributed by atoms with Crippen LogP contribution in [-0.2, 0) is 11.3 Å². The highest BCUT2D eigenvalue weighted by molar-refractivity contribution is 5.84. The van der Waals surface area contributed by atoms with Crippen molar-refractivity contribution >= 4 is 10.8 Å². The summed E-state index contributed by atoms with van der Waals surface area (Å²) in [6.07, 6.45) is 0.225. The molecule has 0 N–H and O–H groups in total. The van der Waals surface area contributed by atoms with Crippen LogP contribution < -0.4 is 4.74 Å². The average Bonchev–Trinajstić information content (AvgIpc) is 2.59. The van der Waals surface area contributed by atoms with Gasteiger partial charge in [-0.3, -0.25) is 0 Å². The maximum absolute atomic E-state index is 6.03. The Balaban J connectivity index is 1.75. The Morgan fingerprint density at radius 1 is 0.792 bits per heavy atom. The van der Waals surface area contributed by atoms with Gasteiger partial charge in [0.05, 0.1) is 18.8 Å². The van der Waals surface area contributed by atoms with E-state index in [1.54, 1.807) is 0 Å². The molecule has 0 aliphatic carbocycles. The molecule has 3 aromatic rings. The van der Waals surface area contributed by atoms with E-state index < -0.39 is 0 Å². The summed E-state index contributed by atoms with van der Waals surface area (Å²) < 4.78 is 11.8. The molecule has 1 atom stereocenters. The number of hydrogen-bond donors (Lipinski definition) is 0. The van der Waals surface area contributed by atoms with Crippen LogP contribution in [0.15, 0.2) is 66.7 Å². The number of fused-ring (bicyclic) bond motifs is 1. The highest BCUT2D eigenvalue weighted by Crippen LogP contribution is 2.26. The van der Waals surface area contributed by atoms with Gasteiger partial charge in [-0.2, -0.15) is 0 Å². The Morgan fingerprint density at radius 2 is 1.54 bits per heavy atom. The van der Waals surface area contributed by atoms with Crippen LogP contribution in [0, 0.1) is 0 Å². The fourth-order valence-electron chi connectivity index (χ4n) is 2.73. The maximum Gasteiger partial charge on any atom is 0.120 e. The monoisotopic (exact) mass is 320 g/mol. The topological polar surface area (TPSA) is 18.5 Å². The van der Waals surface area contributed by atoms with Crippen molar-refractivity contribution in [3.8, 4) is 5.75 Å². The Morgan fingerprint density at radius 3 is 2.29 bits per heavy atom. The summed E-state index contributed by atoms with van der Waals surface area (Å²) in [5.74, 6) is 0.910. The highest BCUT2D eigenvalue weighted by atomic mass is 16.5. The third-order valence-electron chi connectivity index (χ3n) is 4.02. The van der Waals surface area contributed by atoms with Gasteiger partial charge in [-0.25, -0.2) is 0 Å². The molecule has 0 spiro atoms. The van der Waals surface area contributed by atoms with Crippen molar-refractivity contribution in [3.05, 3.63) is 77.9 Å². The van der Waals surface area contributed by atoms with Crippen LogP contribution in [0.4, 0.5) is 0 Å². The first-order valence-corrected chi connectivity index (χ1v) is 8.48. The minimum Gasteiger partial charge on any atom is -0.491 e. The van der Waals surface area contributed by atoms with Crippen LogP contribution in [-0.4, -0.2) is 6.10 Å².